The molecule has 6 bridgehead atoms. The van der Waals surface area contributed by atoms with Crippen LogP contribution in [0.15, 0.2) is 174 Å². The van der Waals surface area contributed by atoms with Crippen molar-refractivity contribution in [2.45, 2.75) is 5.41 Å². The van der Waals surface area contributed by atoms with Gasteiger partial charge in [-0.1, -0.05) is 146 Å². The van der Waals surface area contributed by atoms with Crippen molar-refractivity contribution in [1.29, 1.82) is 0 Å². The summed E-state index contributed by atoms with van der Waals surface area (Å²) in [7, 11) is 0. The molecule has 3 heterocycles. The van der Waals surface area contributed by atoms with E-state index in [9.17, 15) is 0 Å². The monoisotopic (exact) mass is 636 g/mol. The van der Waals surface area contributed by atoms with Crippen molar-refractivity contribution < 1.29 is 4.42 Å². The molecule has 1 aliphatic rings. The Hall–Kier alpha value is -6.58. The minimum atomic E-state index is -0.668. The molecule has 50 heavy (non-hydrogen) atoms. The average molecular weight is 637 g/mol. The molecule has 0 saturated heterocycles. The Morgan fingerprint density at radius 2 is 1.08 bits per heavy atom. The molecule has 1 aliphatic carbocycles. The second-order valence-corrected chi connectivity index (χ2v) is 13.3. The topological polar surface area (TPSA) is 38.9 Å². The molecular weight excluding hydrogens is 609 g/mol. The van der Waals surface area contributed by atoms with Crippen LogP contribution >= 0.6 is 0 Å². The third kappa shape index (κ3) is 3.64. The van der Waals surface area contributed by atoms with Crippen LogP contribution in [0, 0.1) is 0 Å². The summed E-state index contributed by atoms with van der Waals surface area (Å²) >= 11 is 0. The molecule has 10 aromatic rings. The SMILES string of the molecule is c1ccc(C2(c3ccccc3)c3ccccc3-c3c2nc2nc3c3cccc(c3)c3ccccc3c3ccc4oc5cccc2c5c4c3)cc1. The molecule has 0 fully saturated rings. The summed E-state index contributed by atoms with van der Waals surface area (Å²) < 4.78 is 6.51. The van der Waals surface area contributed by atoms with Gasteiger partial charge in [-0.25, -0.2) is 9.97 Å². The van der Waals surface area contributed by atoms with Crippen LogP contribution in [-0.4, -0.2) is 9.97 Å². The van der Waals surface area contributed by atoms with Gasteiger partial charge >= 0.3 is 0 Å². The summed E-state index contributed by atoms with van der Waals surface area (Å²) in [5.74, 6) is 0. The molecular formula is C47H28N2O. The first-order chi connectivity index (χ1) is 24.8. The number of hydrogen-bond acceptors (Lipinski definition) is 3. The molecule has 0 atom stereocenters. The lowest BCUT2D eigenvalue weighted by molar-refractivity contribution is 0.669. The molecule has 0 unspecified atom stereocenters. The lowest BCUT2D eigenvalue weighted by Gasteiger charge is -2.32. The van der Waals surface area contributed by atoms with Crippen LogP contribution in [0.2, 0.25) is 0 Å². The fourth-order valence-corrected chi connectivity index (χ4v) is 8.60. The first-order valence-corrected chi connectivity index (χ1v) is 17.1. The zero-order valence-corrected chi connectivity index (χ0v) is 27.0. The predicted molar refractivity (Wildman–Crippen MR) is 205 cm³/mol. The molecule has 0 spiro atoms. The normalized spacial score (nSPS) is 13.4. The van der Waals surface area contributed by atoms with Crippen molar-refractivity contribution in [2.24, 2.45) is 0 Å². The fraction of sp³-hybridized carbons (Fsp3) is 0.0213. The van der Waals surface area contributed by atoms with Crippen molar-refractivity contribution in [3.63, 3.8) is 0 Å². The number of aromatic nitrogens is 2. The van der Waals surface area contributed by atoms with Gasteiger partial charge in [-0.3, -0.25) is 0 Å². The van der Waals surface area contributed by atoms with Crippen molar-refractivity contribution in [3.05, 3.63) is 192 Å². The Labute approximate surface area is 287 Å². The van der Waals surface area contributed by atoms with E-state index in [1.54, 1.807) is 0 Å². The van der Waals surface area contributed by atoms with Gasteiger partial charge in [0.2, 0.25) is 0 Å². The molecule has 0 saturated carbocycles. The highest BCUT2D eigenvalue weighted by molar-refractivity contribution is 6.20. The lowest BCUT2D eigenvalue weighted by Crippen LogP contribution is -2.29. The first-order valence-electron chi connectivity index (χ1n) is 17.1. The Bertz CT molecular complexity index is 3000. The molecule has 0 amide bonds. The average Bonchev–Trinajstić information content (AvgIpc) is 3.72. The molecule has 11 rings (SSSR count). The number of furan rings is 1. The minimum absolute atomic E-state index is 0.668. The van der Waals surface area contributed by atoms with E-state index in [0.29, 0.717) is 5.65 Å². The van der Waals surface area contributed by atoms with Crippen LogP contribution in [-0.2, 0) is 5.41 Å². The van der Waals surface area contributed by atoms with E-state index >= 15 is 0 Å². The van der Waals surface area contributed by atoms with Gasteiger partial charge < -0.3 is 4.42 Å². The number of benzene rings is 7. The van der Waals surface area contributed by atoms with E-state index in [1.807, 2.05) is 0 Å². The van der Waals surface area contributed by atoms with Crippen molar-refractivity contribution >= 4 is 65.4 Å². The Balaban J connectivity index is 1.46. The molecule has 232 valence electrons. The Kier molecular flexibility index (Phi) is 5.59. The predicted octanol–water partition coefficient (Wildman–Crippen LogP) is 11.9. The van der Waals surface area contributed by atoms with Crippen LogP contribution < -0.4 is 0 Å². The zero-order chi connectivity index (χ0) is 32.8. The van der Waals surface area contributed by atoms with Gasteiger partial charge in [-0.05, 0) is 68.1 Å². The van der Waals surface area contributed by atoms with Crippen LogP contribution in [0.3, 0.4) is 0 Å². The summed E-state index contributed by atoms with van der Waals surface area (Å²) in [5.41, 5.74) is 9.38. The number of hydrogen-bond donors (Lipinski definition) is 0. The maximum Gasteiger partial charge on any atom is 0.160 e. The highest BCUT2D eigenvalue weighted by Gasteiger charge is 2.48. The van der Waals surface area contributed by atoms with E-state index in [1.165, 1.54) is 27.5 Å². The summed E-state index contributed by atoms with van der Waals surface area (Å²) in [6.07, 6.45) is 0. The molecule has 3 heteroatoms. The standard InChI is InChI=1S/C47H28N2O/c1-3-15-32(16-4-1)47(33-17-5-2-6-18-33)39-23-10-9-21-36(39)43-44-31-14-11-13-29(27-31)34-19-7-8-20-35(34)30-25-26-40-38(28-30)42-37(22-12-24-41(42)50-40)46(48-44)49-45(43)47/h1-28H. The number of fused-ring (bicyclic) bond motifs is 14. The van der Waals surface area contributed by atoms with Gasteiger partial charge in [0.1, 0.15) is 11.2 Å². The van der Waals surface area contributed by atoms with Gasteiger partial charge in [0, 0.05) is 27.1 Å². The van der Waals surface area contributed by atoms with Gasteiger partial charge in [0.05, 0.1) is 16.6 Å². The summed E-state index contributed by atoms with van der Waals surface area (Å²) in [5, 5.41) is 8.74. The molecule has 3 aromatic heterocycles. The third-order valence-corrected chi connectivity index (χ3v) is 10.7. The maximum atomic E-state index is 6.51. The van der Waals surface area contributed by atoms with E-state index in [-0.39, 0.29) is 0 Å². The van der Waals surface area contributed by atoms with Gasteiger partial charge in [0.15, 0.2) is 5.65 Å². The van der Waals surface area contributed by atoms with Crippen LogP contribution in [0.1, 0.15) is 22.4 Å². The molecule has 0 aliphatic heterocycles. The van der Waals surface area contributed by atoms with E-state index in [4.69, 9.17) is 14.4 Å². The van der Waals surface area contributed by atoms with Gasteiger partial charge in [-0.2, -0.15) is 0 Å². The summed E-state index contributed by atoms with van der Waals surface area (Å²) in [6, 6.07) is 60.8. The second-order valence-electron chi connectivity index (χ2n) is 13.3. The van der Waals surface area contributed by atoms with Crippen LogP contribution in [0.4, 0.5) is 0 Å². The Morgan fingerprint density at radius 1 is 0.440 bits per heavy atom. The zero-order valence-electron chi connectivity index (χ0n) is 27.0. The van der Waals surface area contributed by atoms with E-state index in [0.717, 1.165) is 65.8 Å². The number of nitrogens with zero attached hydrogens (tertiary/aromatic N) is 2. The summed E-state index contributed by atoms with van der Waals surface area (Å²) in [4.78, 5) is 11.3. The Morgan fingerprint density at radius 3 is 1.86 bits per heavy atom. The van der Waals surface area contributed by atoms with Crippen LogP contribution in [0.5, 0.6) is 0 Å². The highest BCUT2D eigenvalue weighted by Crippen LogP contribution is 2.56. The second kappa shape index (κ2) is 10.2. The molecule has 0 radical (unpaired) electrons. The third-order valence-electron chi connectivity index (χ3n) is 10.7. The van der Waals surface area contributed by atoms with E-state index in [2.05, 4.69) is 170 Å². The van der Waals surface area contributed by atoms with Gasteiger partial charge in [-0.15, -0.1) is 0 Å². The fourth-order valence-electron chi connectivity index (χ4n) is 8.60. The van der Waals surface area contributed by atoms with Gasteiger partial charge in [0.25, 0.3) is 0 Å². The van der Waals surface area contributed by atoms with Crippen molar-refractivity contribution in [2.75, 3.05) is 0 Å². The first kappa shape index (κ1) is 27.4. The van der Waals surface area contributed by atoms with Crippen molar-refractivity contribution in [1.82, 2.24) is 9.97 Å². The summed E-state index contributed by atoms with van der Waals surface area (Å²) in [6.45, 7) is 0. The number of rotatable bonds is 2. The smallest absolute Gasteiger partial charge is 0.160 e. The lowest BCUT2D eigenvalue weighted by atomic mass is 9.69. The van der Waals surface area contributed by atoms with Crippen molar-refractivity contribution in [3.8, 4) is 11.1 Å². The highest BCUT2D eigenvalue weighted by atomic mass is 16.3. The molecule has 7 aromatic carbocycles. The van der Waals surface area contributed by atoms with Crippen LogP contribution in [0.25, 0.3) is 76.5 Å². The molecule has 3 nitrogen and oxygen atoms in total. The largest absolute Gasteiger partial charge is 0.456 e. The van der Waals surface area contributed by atoms with E-state index < -0.39 is 5.41 Å². The quantitative estimate of drug-likeness (QED) is 0.189. The minimum Gasteiger partial charge on any atom is -0.456 e. The maximum absolute atomic E-state index is 6.51. The molecule has 0 N–H and O–H groups in total.